The number of anilines is 1. The van der Waals surface area contributed by atoms with Crippen LogP contribution in [0.1, 0.15) is 42.2 Å². The summed E-state index contributed by atoms with van der Waals surface area (Å²) >= 11 is 0. The highest BCUT2D eigenvalue weighted by Crippen LogP contribution is 2.40. The van der Waals surface area contributed by atoms with Gasteiger partial charge in [-0.15, -0.1) is 0 Å². The fourth-order valence-electron chi connectivity index (χ4n) is 2.92. The molecular weight excluding hydrogens is 299 g/mol. The molecule has 0 spiro atoms. The number of benzene rings is 1. The molecule has 1 atom stereocenters. The van der Waals surface area contributed by atoms with Crippen molar-refractivity contribution in [1.29, 1.82) is 0 Å². The van der Waals surface area contributed by atoms with Crippen LogP contribution in [0.2, 0.25) is 0 Å². The summed E-state index contributed by atoms with van der Waals surface area (Å²) in [4.78, 5) is 11.4. The molecule has 1 aromatic carbocycles. The van der Waals surface area contributed by atoms with E-state index in [-0.39, 0.29) is 11.5 Å². The minimum absolute atomic E-state index is 0.0694. The van der Waals surface area contributed by atoms with E-state index >= 15 is 0 Å². The van der Waals surface area contributed by atoms with Crippen molar-refractivity contribution in [1.82, 2.24) is 0 Å². The first kappa shape index (κ1) is 16.6. The topological polar surface area (TPSA) is 72.6 Å². The molecule has 1 unspecified atom stereocenters. The Morgan fingerprint density at radius 3 is 2.55 bits per heavy atom. The molecule has 1 heterocycles. The molecular formula is C15H18F3NO3. The number of carbonyl (C=O) groups is 1. The third-order valence-corrected chi connectivity index (χ3v) is 3.91. The first-order chi connectivity index (χ1) is 10.3. The van der Waals surface area contributed by atoms with Gasteiger partial charge in [-0.05, 0) is 36.0 Å². The summed E-state index contributed by atoms with van der Waals surface area (Å²) in [6.07, 6.45) is -4.71. The normalized spacial score (nSPS) is 18.1. The number of aliphatic carboxylic acids is 1. The van der Waals surface area contributed by atoms with Crippen LogP contribution in [-0.2, 0) is 9.53 Å². The maximum absolute atomic E-state index is 12.7. The van der Waals surface area contributed by atoms with Gasteiger partial charge < -0.3 is 15.6 Å². The van der Waals surface area contributed by atoms with E-state index in [4.69, 9.17) is 10.5 Å². The van der Waals surface area contributed by atoms with Gasteiger partial charge >= 0.3 is 12.1 Å². The van der Waals surface area contributed by atoms with Gasteiger partial charge in [0, 0.05) is 18.9 Å². The molecule has 1 aromatic rings. The molecule has 0 aliphatic carbocycles. The van der Waals surface area contributed by atoms with Gasteiger partial charge in [-0.3, -0.25) is 4.79 Å². The molecule has 0 saturated carbocycles. The lowest BCUT2D eigenvalue weighted by Crippen LogP contribution is -2.24. The van der Waals surface area contributed by atoms with Crippen molar-refractivity contribution in [2.24, 2.45) is 0 Å². The lowest BCUT2D eigenvalue weighted by molar-refractivity contribution is -0.157. The van der Waals surface area contributed by atoms with Gasteiger partial charge in [0.15, 0.2) is 0 Å². The van der Waals surface area contributed by atoms with Crippen LogP contribution < -0.4 is 5.73 Å². The van der Waals surface area contributed by atoms with Crippen molar-refractivity contribution in [3.63, 3.8) is 0 Å². The number of ether oxygens (including phenoxy) is 1. The highest BCUT2D eigenvalue weighted by atomic mass is 19.4. The summed E-state index contributed by atoms with van der Waals surface area (Å²) in [6.45, 7) is 0.991. The number of nitrogen functional groups attached to an aromatic ring is 1. The van der Waals surface area contributed by atoms with E-state index in [9.17, 15) is 23.1 Å². The molecule has 1 fully saturated rings. The Balaban J connectivity index is 2.43. The first-order valence-corrected chi connectivity index (χ1v) is 7.05. The zero-order valence-electron chi connectivity index (χ0n) is 11.9. The molecule has 1 aliphatic rings. The Bertz CT molecular complexity index is 539. The Kier molecular flexibility index (Phi) is 4.95. The maximum atomic E-state index is 12.7. The fourth-order valence-corrected chi connectivity index (χ4v) is 2.92. The van der Waals surface area contributed by atoms with Gasteiger partial charge in [0.2, 0.25) is 0 Å². The lowest BCUT2D eigenvalue weighted by atomic mass is 9.81. The number of carboxylic acid groups (broad SMARTS) is 1. The molecule has 0 amide bonds. The van der Waals surface area contributed by atoms with Crippen molar-refractivity contribution in [3.8, 4) is 0 Å². The monoisotopic (exact) mass is 317 g/mol. The largest absolute Gasteiger partial charge is 0.481 e. The quantitative estimate of drug-likeness (QED) is 0.836. The van der Waals surface area contributed by atoms with E-state index in [1.807, 2.05) is 0 Å². The van der Waals surface area contributed by atoms with Crippen molar-refractivity contribution in [3.05, 3.63) is 29.3 Å². The highest BCUT2D eigenvalue weighted by Gasteiger charge is 2.38. The summed E-state index contributed by atoms with van der Waals surface area (Å²) in [5.41, 5.74) is 6.98. The van der Waals surface area contributed by atoms with E-state index in [2.05, 4.69) is 0 Å². The number of carboxylic acids is 1. The Morgan fingerprint density at radius 1 is 1.36 bits per heavy atom. The minimum atomic E-state index is -4.55. The van der Waals surface area contributed by atoms with E-state index in [1.54, 1.807) is 6.07 Å². The second-order valence-corrected chi connectivity index (χ2v) is 5.45. The van der Waals surface area contributed by atoms with Crippen LogP contribution in [-0.4, -0.2) is 30.5 Å². The van der Waals surface area contributed by atoms with E-state index in [0.29, 0.717) is 37.3 Å². The molecule has 122 valence electrons. The summed E-state index contributed by atoms with van der Waals surface area (Å²) in [5, 5.41) is 9.24. The SMILES string of the molecule is Nc1cccc(C(CC(F)(F)F)C(=O)O)c1C1CCOCC1. The molecule has 7 heteroatoms. The number of hydrogen-bond acceptors (Lipinski definition) is 3. The predicted octanol–water partition coefficient (Wildman–Crippen LogP) is 3.28. The lowest BCUT2D eigenvalue weighted by Gasteiger charge is -2.28. The minimum Gasteiger partial charge on any atom is -0.481 e. The molecule has 0 aromatic heterocycles. The number of halogens is 3. The smallest absolute Gasteiger partial charge is 0.390 e. The van der Waals surface area contributed by atoms with Gasteiger partial charge in [0.25, 0.3) is 0 Å². The standard InChI is InChI=1S/C15H18F3NO3/c16-15(17,18)8-11(14(20)21)10-2-1-3-12(19)13(10)9-4-6-22-7-5-9/h1-3,9,11H,4-8,19H2,(H,20,21). The average Bonchev–Trinajstić information content (AvgIpc) is 2.44. The zero-order chi connectivity index (χ0) is 16.3. The summed E-state index contributed by atoms with van der Waals surface area (Å²) in [7, 11) is 0. The van der Waals surface area contributed by atoms with Crippen LogP contribution in [0, 0.1) is 0 Å². The molecule has 22 heavy (non-hydrogen) atoms. The van der Waals surface area contributed by atoms with Gasteiger partial charge in [-0.25, -0.2) is 0 Å². The average molecular weight is 317 g/mol. The zero-order valence-corrected chi connectivity index (χ0v) is 11.9. The van der Waals surface area contributed by atoms with E-state index in [1.165, 1.54) is 12.1 Å². The van der Waals surface area contributed by atoms with Gasteiger partial charge in [0.1, 0.15) is 0 Å². The first-order valence-electron chi connectivity index (χ1n) is 7.05. The maximum Gasteiger partial charge on any atom is 0.390 e. The van der Waals surface area contributed by atoms with Crippen molar-refractivity contribution in [2.75, 3.05) is 18.9 Å². The van der Waals surface area contributed by atoms with Crippen molar-refractivity contribution >= 4 is 11.7 Å². The van der Waals surface area contributed by atoms with Crippen LogP contribution in [0.4, 0.5) is 18.9 Å². The Hall–Kier alpha value is -1.76. The predicted molar refractivity (Wildman–Crippen MR) is 74.7 cm³/mol. The Morgan fingerprint density at radius 2 is 2.00 bits per heavy atom. The molecule has 0 radical (unpaired) electrons. The second-order valence-electron chi connectivity index (χ2n) is 5.45. The number of alkyl halides is 3. The highest BCUT2D eigenvalue weighted by molar-refractivity contribution is 5.78. The van der Waals surface area contributed by atoms with Crippen LogP contribution in [0.15, 0.2) is 18.2 Å². The summed E-state index contributed by atoms with van der Waals surface area (Å²) < 4.78 is 43.4. The fraction of sp³-hybridized carbons (Fsp3) is 0.533. The summed E-state index contributed by atoms with van der Waals surface area (Å²) in [6, 6.07) is 4.53. The number of nitrogens with two attached hydrogens (primary N) is 1. The van der Waals surface area contributed by atoms with Crippen LogP contribution in [0.3, 0.4) is 0 Å². The van der Waals surface area contributed by atoms with E-state index in [0.717, 1.165) is 0 Å². The van der Waals surface area contributed by atoms with Crippen LogP contribution in [0.5, 0.6) is 0 Å². The molecule has 2 rings (SSSR count). The third-order valence-electron chi connectivity index (χ3n) is 3.91. The molecule has 4 nitrogen and oxygen atoms in total. The number of hydrogen-bond donors (Lipinski definition) is 2. The van der Waals surface area contributed by atoms with Crippen molar-refractivity contribution < 1.29 is 27.8 Å². The Labute approximate surface area is 126 Å². The van der Waals surface area contributed by atoms with Gasteiger partial charge in [0.05, 0.1) is 12.3 Å². The van der Waals surface area contributed by atoms with Crippen LogP contribution in [0.25, 0.3) is 0 Å². The molecule has 1 saturated heterocycles. The molecule has 1 aliphatic heterocycles. The van der Waals surface area contributed by atoms with E-state index < -0.39 is 24.5 Å². The molecule has 3 N–H and O–H groups in total. The van der Waals surface area contributed by atoms with Crippen LogP contribution >= 0.6 is 0 Å². The molecule has 0 bridgehead atoms. The number of rotatable bonds is 4. The third kappa shape index (κ3) is 3.91. The summed E-state index contributed by atoms with van der Waals surface area (Å²) in [5.74, 6) is -3.20. The van der Waals surface area contributed by atoms with Gasteiger partial charge in [-0.2, -0.15) is 13.2 Å². The van der Waals surface area contributed by atoms with Gasteiger partial charge in [-0.1, -0.05) is 12.1 Å². The second kappa shape index (κ2) is 6.56. The van der Waals surface area contributed by atoms with Crippen molar-refractivity contribution in [2.45, 2.75) is 37.3 Å².